The Morgan fingerprint density at radius 2 is 1.84 bits per heavy atom. The first-order chi connectivity index (χ1) is 8.58. The minimum absolute atomic E-state index is 0.0502. The van der Waals surface area contributed by atoms with Gasteiger partial charge in [-0.1, -0.05) is 0 Å². The van der Waals surface area contributed by atoms with Crippen molar-refractivity contribution in [3.05, 3.63) is 29.8 Å². The number of aliphatic carboxylic acids is 1. The van der Waals surface area contributed by atoms with E-state index in [9.17, 15) is 19.1 Å². The van der Waals surface area contributed by atoms with E-state index in [2.05, 4.69) is 10.3 Å². The third kappa shape index (κ3) is 3.07. The molecule has 1 aromatic heterocycles. The van der Waals surface area contributed by atoms with E-state index < -0.39 is 28.6 Å². The van der Waals surface area contributed by atoms with E-state index in [4.69, 9.17) is 0 Å². The summed E-state index contributed by atoms with van der Waals surface area (Å²) in [4.78, 5) is 26.8. The van der Waals surface area contributed by atoms with E-state index in [-0.39, 0.29) is 5.56 Å². The van der Waals surface area contributed by atoms with Crippen LogP contribution in [-0.2, 0) is 4.79 Å². The number of nitrogens with one attached hydrogen (secondary N) is 1. The van der Waals surface area contributed by atoms with Crippen LogP contribution in [0.2, 0.25) is 0 Å². The van der Waals surface area contributed by atoms with Gasteiger partial charge in [-0.3, -0.25) is 14.6 Å². The number of carboxylic acids is 1. The van der Waals surface area contributed by atoms with Gasteiger partial charge in [-0.05, 0) is 33.8 Å². The summed E-state index contributed by atoms with van der Waals surface area (Å²) in [5.41, 5.74) is -2.14. The molecule has 0 radical (unpaired) electrons. The summed E-state index contributed by atoms with van der Waals surface area (Å²) in [6.45, 7) is 6.23. The van der Waals surface area contributed by atoms with E-state index in [1.54, 1.807) is 13.8 Å². The van der Waals surface area contributed by atoms with Crippen LogP contribution in [-0.4, -0.2) is 27.5 Å². The number of carbonyl (C=O) groups is 2. The Balaban J connectivity index is 2.96. The molecule has 0 saturated carbocycles. The molecule has 1 rings (SSSR count). The van der Waals surface area contributed by atoms with Crippen LogP contribution in [0.4, 0.5) is 4.39 Å². The molecule has 0 bridgehead atoms. The lowest BCUT2D eigenvalue weighted by Crippen LogP contribution is -2.57. The van der Waals surface area contributed by atoms with Crippen LogP contribution in [0.5, 0.6) is 0 Å². The number of aromatic nitrogens is 1. The molecule has 1 heterocycles. The summed E-state index contributed by atoms with van der Waals surface area (Å²) >= 11 is 0. The van der Waals surface area contributed by atoms with Crippen molar-refractivity contribution in [2.45, 2.75) is 33.2 Å². The van der Waals surface area contributed by atoms with Crippen molar-refractivity contribution in [3.63, 3.8) is 0 Å². The lowest BCUT2D eigenvalue weighted by molar-refractivity contribution is -0.150. The van der Waals surface area contributed by atoms with Crippen LogP contribution in [0, 0.1) is 11.2 Å². The third-order valence-electron chi connectivity index (χ3n) is 3.49. The standard InChI is InChI=1S/C13H17FN2O3/c1-12(2,11(18)19)13(3,4)16-10(17)8-5-9(14)7-15-6-8/h5-7H,1-4H3,(H,16,17)(H,18,19). The van der Waals surface area contributed by atoms with Crippen LogP contribution in [0.25, 0.3) is 0 Å². The smallest absolute Gasteiger partial charge is 0.311 e. The fourth-order valence-corrected chi connectivity index (χ4v) is 1.32. The Labute approximate surface area is 110 Å². The average molecular weight is 268 g/mol. The number of hydrogen-bond acceptors (Lipinski definition) is 3. The zero-order chi connectivity index (χ0) is 14.8. The highest BCUT2D eigenvalue weighted by atomic mass is 19.1. The summed E-state index contributed by atoms with van der Waals surface area (Å²) in [6.07, 6.45) is 2.21. The van der Waals surface area contributed by atoms with Crippen molar-refractivity contribution < 1.29 is 19.1 Å². The fraction of sp³-hybridized carbons (Fsp3) is 0.462. The van der Waals surface area contributed by atoms with Crippen molar-refractivity contribution in [3.8, 4) is 0 Å². The Bertz CT molecular complexity index is 512. The first kappa shape index (κ1) is 15.1. The molecular formula is C13H17FN2O3. The molecule has 2 N–H and O–H groups in total. The number of nitrogens with zero attached hydrogens (tertiary/aromatic N) is 1. The molecule has 0 unspecified atom stereocenters. The van der Waals surface area contributed by atoms with Gasteiger partial charge in [0.05, 0.1) is 22.7 Å². The molecule has 5 nitrogen and oxygen atoms in total. The molecular weight excluding hydrogens is 251 g/mol. The molecule has 0 aliphatic rings. The van der Waals surface area contributed by atoms with Gasteiger partial charge >= 0.3 is 5.97 Å². The minimum Gasteiger partial charge on any atom is -0.481 e. The van der Waals surface area contributed by atoms with Crippen molar-refractivity contribution >= 4 is 11.9 Å². The second kappa shape index (κ2) is 4.95. The quantitative estimate of drug-likeness (QED) is 0.873. The predicted octanol–water partition coefficient (Wildman–Crippen LogP) is 1.84. The second-order valence-corrected chi connectivity index (χ2v) is 5.40. The molecule has 0 spiro atoms. The Hall–Kier alpha value is -1.98. The number of rotatable bonds is 4. The summed E-state index contributed by atoms with van der Waals surface area (Å²) in [7, 11) is 0. The summed E-state index contributed by atoms with van der Waals surface area (Å²) in [6, 6.07) is 1.05. The van der Waals surface area contributed by atoms with Crippen molar-refractivity contribution in [1.82, 2.24) is 10.3 Å². The summed E-state index contributed by atoms with van der Waals surface area (Å²) in [5, 5.41) is 11.8. The highest BCUT2D eigenvalue weighted by Gasteiger charge is 2.44. The van der Waals surface area contributed by atoms with E-state index in [0.29, 0.717) is 0 Å². The lowest BCUT2D eigenvalue weighted by Gasteiger charge is -2.38. The van der Waals surface area contributed by atoms with E-state index in [1.807, 2.05) is 0 Å². The molecule has 1 aromatic rings. The van der Waals surface area contributed by atoms with Crippen LogP contribution in [0.1, 0.15) is 38.1 Å². The number of hydrogen-bond donors (Lipinski definition) is 2. The van der Waals surface area contributed by atoms with Crippen LogP contribution >= 0.6 is 0 Å². The highest BCUT2D eigenvalue weighted by Crippen LogP contribution is 2.30. The second-order valence-electron chi connectivity index (χ2n) is 5.40. The number of carboxylic acid groups (broad SMARTS) is 1. The fourth-order valence-electron chi connectivity index (χ4n) is 1.32. The molecule has 0 fully saturated rings. The van der Waals surface area contributed by atoms with E-state index in [1.165, 1.54) is 20.0 Å². The summed E-state index contributed by atoms with van der Waals surface area (Å²) < 4.78 is 13.0. The molecule has 0 aliphatic carbocycles. The van der Waals surface area contributed by atoms with Gasteiger partial charge in [0.2, 0.25) is 0 Å². The minimum atomic E-state index is -1.18. The van der Waals surface area contributed by atoms with Gasteiger partial charge in [-0.15, -0.1) is 0 Å². The maximum absolute atomic E-state index is 13.0. The number of halogens is 1. The number of carbonyl (C=O) groups excluding carboxylic acids is 1. The molecule has 0 saturated heterocycles. The van der Waals surface area contributed by atoms with E-state index >= 15 is 0 Å². The Morgan fingerprint density at radius 3 is 2.32 bits per heavy atom. The van der Waals surface area contributed by atoms with Crippen molar-refractivity contribution in [2.24, 2.45) is 5.41 Å². The van der Waals surface area contributed by atoms with Crippen LogP contribution in [0.15, 0.2) is 18.5 Å². The van der Waals surface area contributed by atoms with E-state index in [0.717, 1.165) is 12.3 Å². The molecule has 104 valence electrons. The third-order valence-corrected chi connectivity index (χ3v) is 3.49. The van der Waals surface area contributed by atoms with Crippen molar-refractivity contribution in [1.29, 1.82) is 0 Å². The number of amides is 1. The van der Waals surface area contributed by atoms with Gasteiger partial charge in [0, 0.05) is 6.20 Å². The predicted molar refractivity (Wildman–Crippen MR) is 67.2 cm³/mol. The Kier molecular flexibility index (Phi) is 3.93. The normalized spacial score (nSPS) is 12.1. The zero-order valence-corrected chi connectivity index (χ0v) is 11.3. The molecule has 1 amide bonds. The molecule has 6 heteroatoms. The van der Waals surface area contributed by atoms with Gasteiger partial charge < -0.3 is 10.4 Å². The molecule has 0 aromatic carbocycles. The maximum Gasteiger partial charge on any atom is 0.311 e. The monoisotopic (exact) mass is 268 g/mol. The molecule has 19 heavy (non-hydrogen) atoms. The summed E-state index contributed by atoms with van der Waals surface area (Å²) in [5.74, 6) is -2.22. The Morgan fingerprint density at radius 1 is 1.26 bits per heavy atom. The van der Waals surface area contributed by atoms with Gasteiger partial charge in [0.1, 0.15) is 5.82 Å². The first-order valence-electron chi connectivity index (χ1n) is 5.74. The zero-order valence-electron chi connectivity index (χ0n) is 11.3. The molecule has 0 atom stereocenters. The van der Waals surface area contributed by atoms with Gasteiger partial charge in [-0.25, -0.2) is 4.39 Å². The van der Waals surface area contributed by atoms with Crippen molar-refractivity contribution in [2.75, 3.05) is 0 Å². The van der Waals surface area contributed by atoms with Gasteiger partial charge in [0.15, 0.2) is 0 Å². The molecule has 0 aliphatic heterocycles. The SMILES string of the molecule is CC(C)(NC(=O)c1cncc(F)c1)C(C)(C)C(=O)O. The van der Waals surface area contributed by atoms with Gasteiger partial charge in [-0.2, -0.15) is 0 Å². The van der Waals surface area contributed by atoms with Gasteiger partial charge in [0.25, 0.3) is 5.91 Å². The van der Waals surface area contributed by atoms with Crippen LogP contribution < -0.4 is 5.32 Å². The average Bonchev–Trinajstić information content (AvgIpc) is 2.27. The van der Waals surface area contributed by atoms with Crippen LogP contribution in [0.3, 0.4) is 0 Å². The highest BCUT2D eigenvalue weighted by molar-refractivity contribution is 5.94. The topological polar surface area (TPSA) is 79.3 Å². The lowest BCUT2D eigenvalue weighted by atomic mass is 9.74. The maximum atomic E-state index is 13.0. The number of pyridine rings is 1. The first-order valence-corrected chi connectivity index (χ1v) is 5.74. The largest absolute Gasteiger partial charge is 0.481 e.